The maximum absolute atomic E-state index is 13.2. The lowest BCUT2D eigenvalue weighted by Crippen LogP contribution is -2.61. The minimum absolute atomic E-state index is 0.101. The van der Waals surface area contributed by atoms with Crippen molar-refractivity contribution in [2.24, 2.45) is 23.2 Å². The van der Waals surface area contributed by atoms with Crippen LogP contribution in [0.2, 0.25) is 0 Å². The minimum atomic E-state index is -1.91. The zero-order valence-corrected chi connectivity index (χ0v) is 27.0. The summed E-state index contributed by atoms with van der Waals surface area (Å²) in [5.74, 6) is -3.42. The smallest absolute Gasteiger partial charge is 0.306 e. The van der Waals surface area contributed by atoms with Gasteiger partial charge in [0.05, 0.1) is 12.2 Å². The van der Waals surface area contributed by atoms with Gasteiger partial charge in [-0.25, -0.2) is 0 Å². The number of aliphatic hydroxyl groups excluding tert-OH is 1. The van der Waals surface area contributed by atoms with Crippen molar-refractivity contribution in [1.82, 2.24) is 0 Å². The van der Waals surface area contributed by atoms with Crippen molar-refractivity contribution < 1.29 is 39.2 Å². The van der Waals surface area contributed by atoms with E-state index in [-0.39, 0.29) is 25.9 Å². The van der Waals surface area contributed by atoms with Crippen molar-refractivity contribution in [3.8, 4) is 0 Å². The standard InChI is InChI=1S/C35H54O8/c1-6-7-8-9-10-11-12-13-14-15-16-17-29(38)42-28-21-33(40)26(30-32(4,5)35(28,30)43-24(3)37)19-25(22-36)20-34(41)27(33)18-23(2)31(34)39/h18-19,26-28,30,36,40-41H,6-17,20-22H2,1-5H3. The fraction of sp³-hybridized carbons (Fsp3) is 0.800. The molecule has 0 aliphatic heterocycles. The van der Waals surface area contributed by atoms with Crippen molar-refractivity contribution in [3.05, 3.63) is 23.3 Å². The van der Waals surface area contributed by atoms with Gasteiger partial charge in [-0.3, -0.25) is 14.4 Å². The SMILES string of the molecule is CCCCCCCCCCCCCC(=O)OC1CC2(O)C(C=C(CO)CC3(O)C(=O)C(C)=CC32)C2C(C)(C)C12OC(C)=O. The summed E-state index contributed by atoms with van der Waals surface area (Å²) in [7, 11) is 0. The largest absolute Gasteiger partial charge is 0.458 e. The van der Waals surface area contributed by atoms with Gasteiger partial charge in [0.2, 0.25) is 0 Å². The molecule has 0 aromatic carbocycles. The molecule has 43 heavy (non-hydrogen) atoms. The zero-order chi connectivity index (χ0) is 31.6. The summed E-state index contributed by atoms with van der Waals surface area (Å²) in [5.41, 5.74) is -4.60. The molecular weight excluding hydrogens is 548 g/mol. The number of hydrogen-bond donors (Lipinski definition) is 3. The maximum atomic E-state index is 13.2. The molecule has 0 amide bonds. The van der Waals surface area contributed by atoms with E-state index in [9.17, 15) is 29.7 Å². The Hall–Kier alpha value is -2.03. The summed E-state index contributed by atoms with van der Waals surface area (Å²) >= 11 is 0. The van der Waals surface area contributed by atoms with Gasteiger partial charge in [-0.15, -0.1) is 0 Å². The van der Waals surface area contributed by atoms with Crippen LogP contribution in [0.5, 0.6) is 0 Å². The summed E-state index contributed by atoms with van der Waals surface area (Å²) in [5, 5.41) is 34.3. The first-order valence-corrected chi connectivity index (χ1v) is 16.7. The van der Waals surface area contributed by atoms with Crippen LogP contribution < -0.4 is 0 Å². The molecule has 0 heterocycles. The molecule has 3 N–H and O–H groups in total. The molecule has 4 rings (SSSR count). The first kappa shape index (κ1) is 33.9. The van der Waals surface area contributed by atoms with Gasteiger partial charge in [-0.05, 0) is 24.5 Å². The Kier molecular flexibility index (Phi) is 10.3. The molecule has 242 valence electrons. The molecule has 0 bridgehead atoms. The first-order valence-electron chi connectivity index (χ1n) is 16.7. The molecule has 8 heteroatoms. The quantitative estimate of drug-likeness (QED) is 0.127. The highest BCUT2D eigenvalue weighted by atomic mass is 16.6. The van der Waals surface area contributed by atoms with Crippen molar-refractivity contribution in [1.29, 1.82) is 0 Å². The third-order valence-electron chi connectivity index (χ3n) is 11.0. The van der Waals surface area contributed by atoms with Crippen LogP contribution >= 0.6 is 0 Å². The lowest BCUT2D eigenvalue weighted by molar-refractivity contribution is -0.206. The average Bonchev–Trinajstić information content (AvgIpc) is 3.37. The van der Waals surface area contributed by atoms with E-state index in [1.165, 1.54) is 51.9 Å². The Bertz CT molecular complexity index is 1120. The van der Waals surface area contributed by atoms with E-state index in [0.29, 0.717) is 17.6 Å². The van der Waals surface area contributed by atoms with Crippen LogP contribution in [0, 0.1) is 23.2 Å². The number of aliphatic hydroxyl groups is 3. The van der Waals surface area contributed by atoms with E-state index >= 15 is 0 Å². The minimum Gasteiger partial charge on any atom is -0.458 e. The van der Waals surface area contributed by atoms with E-state index in [0.717, 1.165) is 19.3 Å². The Balaban J connectivity index is 1.46. The normalized spacial score (nSPS) is 35.6. The third kappa shape index (κ3) is 6.13. The number of ether oxygens (including phenoxy) is 2. The van der Waals surface area contributed by atoms with Crippen molar-refractivity contribution in [2.75, 3.05) is 6.61 Å². The summed E-state index contributed by atoms with van der Waals surface area (Å²) in [4.78, 5) is 38.8. The number of esters is 2. The monoisotopic (exact) mass is 602 g/mol. The predicted molar refractivity (Wildman–Crippen MR) is 163 cm³/mol. The third-order valence-corrected chi connectivity index (χ3v) is 11.0. The number of fused-ring (bicyclic) bond motifs is 5. The molecular formula is C35H54O8. The van der Waals surface area contributed by atoms with Crippen molar-refractivity contribution in [2.45, 2.75) is 147 Å². The van der Waals surface area contributed by atoms with Crippen LogP contribution in [0.15, 0.2) is 23.3 Å². The van der Waals surface area contributed by atoms with Gasteiger partial charge in [0, 0.05) is 49.4 Å². The molecule has 0 saturated heterocycles. The molecule has 4 aliphatic rings. The number of unbranched alkanes of at least 4 members (excludes halogenated alkanes) is 10. The Morgan fingerprint density at radius 2 is 1.53 bits per heavy atom. The Labute approximate surface area is 257 Å². The van der Waals surface area contributed by atoms with Gasteiger partial charge in [-0.2, -0.15) is 0 Å². The summed E-state index contributed by atoms with van der Waals surface area (Å²) in [6.07, 6.45) is 15.3. The van der Waals surface area contributed by atoms with E-state index in [1.807, 2.05) is 13.8 Å². The average molecular weight is 603 g/mol. The molecule has 7 unspecified atom stereocenters. The predicted octanol–water partition coefficient (Wildman–Crippen LogP) is 5.51. The van der Waals surface area contributed by atoms with Gasteiger partial charge in [0.15, 0.2) is 11.4 Å². The van der Waals surface area contributed by atoms with Crippen molar-refractivity contribution >= 4 is 17.7 Å². The van der Waals surface area contributed by atoms with Gasteiger partial charge >= 0.3 is 11.9 Å². The molecule has 2 fully saturated rings. The second kappa shape index (κ2) is 13.1. The number of hydrogen-bond acceptors (Lipinski definition) is 8. The molecule has 4 aliphatic carbocycles. The maximum Gasteiger partial charge on any atom is 0.306 e. The van der Waals surface area contributed by atoms with Gasteiger partial charge in [0.25, 0.3) is 0 Å². The van der Waals surface area contributed by atoms with Gasteiger partial charge in [-0.1, -0.05) is 97.1 Å². The highest BCUT2D eigenvalue weighted by molar-refractivity contribution is 6.04. The first-order chi connectivity index (χ1) is 20.3. The Morgan fingerprint density at radius 3 is 2.09 bits per heavy atom. The highest BCUT2D eigenvalue weighted by Gasteiger charge is 2.86. The Morgan fingerprint density at radius 1 is 0.953 bits per heavy atom. The topological polar surface area (TPSA) is 130 Å². The van der Waals surface area contributed by atoms with Gasteiger partial charge in [0.1, 0.15) is 11.7 Å². The van der Waals surface area contributed by atoms with E-state index < -0.39 is 63.8 Å². The van der Waals surface area contributed by atoms with Crippen LogP contribution in [0.3, 0.4) is 0 Å². The van der Waals surface area contributed by atoms with E-state index in [4.69, 9.17) is 9.47 Å². The molecule has 0 aromatic rings. The molecule has 7 atom stereocenters. The zero-order valence-electron chi connectivity index (χ0n) is 27.0. The van der Waals surface area contributed by atoms with Gasteiger partial charge < -0.3 is 24.8 Å². The molecule has 8 nitrogen and oxygen atoms in total. The molecule has 0 radical (unpaired) electrons. The van der Waals surface area contributed by atoms with Crippen LogP contribution in [-0.2, 0) is 23.9 Å². The number of carbonyl (C=O) groups excluding carboxylic acids is 3. The fourth-order valence-electron chi connectivity index (χ4n) is 8.82. The summed E-state index contributed by atoms with van der Waals surface area (Å²) in [6, 6.07) is 0. The van der Waals surface area contributed by atoms with E-state index in [2.05, 4.69) is 6.92 Å². The van der Waals surface area contributed by atoms with Crippen LogP contribution in [0.25, 0.3) is 0 Å². The molecule has 0 aromatic heterocycles. The number of Topliss-reactive ketones (excluding diaryl/α,β-unsaturated/α-hetero) is 1. The lowest BCUT2D eigenvalue weighted by Gasteiger charge is -2.48. The second-order valence-corrected chi connectivity index (χ2v) is 14.3. The molecule has 0 spiro atoms. The van der Waals surface area contributed by atoms with Crippen LogP contribution in [-0.4, -0.2) is 62.6 Å². The molecule has 2 saturated carbocycles. The summed E-state index contributed by atoms with van der Waals surface area (Å²) < 4.78 is 12.1. The highest BCUT2D eigenvalue weighted by Crippen LogP contribution is 2.76. The van der Waals surface area contributed by atoms with E-state index in [1.54, 1.807) is 19.1 Å². The number of rotatable bonds is 15. The van der Waals surface area contributed by atoms with Crippen LogP contribution in [0.4, 0.5) is 0 Å². The number of ketones is 1. The summed E-state index contributed by atoms with van der Waals surface area (Å²) in [6.45, 7) is 8.66. The van der Waals surface area contributed by atoms with Crippen LogP contribution in [0.1, 0.15) is 125 Å². The van der Waals surface area contributed by atoms with Crippen molar-refractivity contribution in [3.63, 3.8) is 0 Å². The number of carbonyl (C=O) groups is 3. The fourth-order valence-corrected chi connectivity index (χ4v) is 8.82. The second-order valence-electron chi connectivity index (χ2n) is 14.3. The lowest BCUT2D eigenvalue weighted by atomic mass is 9.63.